The lowest BCUT2D eigenvalue weighted by Crippen LogP contribution is -2.19. The average Bonchev–Trinajstić information content (AvgIpc) is 2.91. The highest BCUT2D eigenvalue weighted by Gasteiger charge is 2.13. The van der Waals surface area contributed by atoms with Gasteiger partial charge in [-0.05, 0) is 50.6 Å². The molecule has 2 aromatic heterocycles. The predicted molar refractivity (Wildman–Crippen MR) is 152 cm³/mol. The van der Waals surface area contributed by atoms with Gasteiger partial charge >= 0.3 is 0 Å². The third kappa shape index (κ3) is 5.26. The Labute approximate surface area is 224 Å². The highest BCUT2D eigenvalue weighted by atomic mass is 35.5. The minimum atomic E-state index is -0.436. The molecule has 2 heterocycles. The van der Waals surface area contributed by atoms with Crippen molar-refractivity contribution >= 4 is 34.7 Å². The zero-order chi connectivity index (χ0) is 26.8. The third-order valence-corrected chi connectivity index (χ3v) is 6.64. The van der Waals surface area contributed by atoms with Gasteiger partial charge in [-0.25, -0.2) is 10.4 Å². The number of halogens is 1. The van der Waals surface area contributed by atoms with Gasteiger partial charge in [-0.15, -0.1) is 0 Å². The van der Waals surface area contributed by atoms with Gasteiger partial charge in [0.1, 0.15) is 11.8 Å². The van der Waals surface area contributed by atoms with Crippen LogP contribution in [-0.4, -0.2) is 17.1 Å². The van der Waals surface area contributed by atoms with Crippen LogP contribution < -0.4 is 10.9 Å². The van der Waals surface area contributed by atoms with E-state index in [0.29, 0.717) is 32.9 Å². The standard InChI is InChI=1S/C31H24ClN3O3/c1-18-4-8-21(9-5-18)27-13-23(14-28(34-27)22-10-6-19(2)7-11-22)31(37)35-33-16-24-17-38-29-12-20(3)26(32)15-25(29)30(24)36/h4-17H,1-3H3,(H,35,37)/b33-16+. The summed E-state index contributed by atoms with van der Waals surface area (Å²) in [6, 6.07) is 22.6. The summed E-state index contributed by atoms with van der Waals surface area (Å²) in [4.78, 5) is 30.8. The second-order valence-corrected chi connectivity index (χ2v) is 9.58. The molecule has 0 unspecified atom stereocenters. The second-order valence-electron chi connectivity index (χ2n) is 9.18. The highest BCUT2D eigenvalue weighted by Crippen LogP contribution is 2.26. The van der Waals surface area contributed by atoms with E-state index in [0.717, 1.165) is 27.8 Å². The molecule has 7 heteroatoms. The van der Waals surface area contributed by atoms with E-state index in [2.05, 4.69) is 10.5 Å². The van der Waals surface area contributed by atoms with Crippen molar-refractivity contribution in [2.75, 3.05) is 0 Å². The largest absolute Gasteiger partial charge is 0.463 e. The minimum Gasteiger partial charge on any atom is -0.463 e. The number of hydrazone groups is 1. The molecule has 0 aliphatic heterocycles. The van der Waals surface area contributed by atoms with Crippen molar-refractivity contribution in [2.24, 2.45) is 5.10 Å². The zero-order valence-corrected chi connectivity index (χ0v) is 21.8. The number of aromatic nitrogens is 1. The monoisotopic (exact) mass is 521 g/mol. The van der Waals surface area contributed by atoms with Crippen LogP contribution >= 0.6 is 11.6 Å². The van der Waals surface area contributed by atoms with Gasteiger partial charge in [0, 0.05) is 21.7 Å². The Balaban J connectivity index is 1.46. The molecule has 5 rings (SSSR count). The van der Waals surface area contributed by atoms with Crippen LogP contribution in [0.4, 0.5) is 0 Å². The first-order valence-corrected chi connectivity index (χ1v) is 12.4. The fourth-order valence-corrected chi connectivity index (χ4v) is 4.15. The van der Waals surface area contributed by atoms with Crippen molar-refractivity contribution < 1.29 is 9.21 Å². The quantitative estimate of drug-likeness (QED) is 0.202. The summed E-state index contributed by atoms with van der Waals surface area (Å²) in [6.45, 7) is 5.87. The van der Waals surface area contributed by atoms with Crippen LogP contribution in [0.5, 0.6) is 0 Å². The average molecular weight is 522 g/mol. The maximum absolute atomic E-state index is 13.1. The normalized spacial score (nSPS) is 11.3. The van der Waals surface area contributed by atoms with Gasteiger partial charge < -0.3 is 4.42 Å². The van der Waals surface area contributed by atoms with E-state index in [1.807, 2.05) is 69.3 Å². The smallest absolute Gasteiger partial charge is 0.271 e. The zero-order valence-electron chi connectivity index (χ0n) is 21.1. The van der Waals surface area contributed by atoms with Crippen LogP contribution in [-0.2, 0) is 0 Å². The number of carbonyl (C=O) groups excluding carboxylic acids is 1. The number of amides is 1. The lowest BCUT2D eigenvalue weighted by molar-refractivity contribution is 0.0955. The molecule has 188 valence electrons. The number of hydrogen-bond donors (Lipinski definition) is 1. The molecular formula is C31H24ClN3O3. The van der Waals surface area contributed by atoms with E-state index in [1.165, 1.54) is 12.5 Å². The van der Waals surface area contributed by atoms with Crippen LogP contribution in [0.1, 0.15) is 32.6 Å². The summed E-state index contributed by atoms with van der Waals surface area (Å²) in [6.07, 6.45) is 2.57. The van der Waals surface area contributed by atoms with E-state index in [4.69, 9.17) is 21.0 Å². The van der Waals surface area contributed by atoms with E-state index in [9.17, 15) is 9.59 Å². The number of fused-ring (bicyclic) bond motifs is 1. The predicted octanol–water partition coefficient (Wildman–Crippen LogP) is 6.86. The lowest BCUT2D eigenvalue weighted by atomic mass is 10.0. The van der Waals surface area contributed by atoms with Crippen molar-refractivity contribution in [2.45, 2.75) is 20.8 Å². The summed E-state index contributed by atoms with van der Waals surface area (Å²) in [7, 11) is 0. The summed E-state index contributed by atoms with van der Waals surface area (Å²) >= 11 is 6.18. The minimum absolute atomic E-state index is 0.188. The molecule has 0 bridgehead atoms. The van der Waals surface area contributed by atoms with Crippen LogP contribution in [0.25, 0.3) is 33.5 Å². The maximum atomic E-state index is 13.1. The summed E-state index contributed by atoms with van der Waals surface area (Å²) < 4.78 is 5.58. The third-order valence-electron chi connectivity index (χ3n) is 6.23. The number of hydrogen-bond acceptors (Lipinski definition) is 5. The van der Waals surface area contributed by atoms with Crippen molar-refractivity contribution in [3.8, 4) is 22.5 Å². The van der Waals surface area contributed by atoms with Crippen LogP contribution in [0.2, 0.25) is 5.02 Å². The first-order valence-electron chi connectivity index (χ1n) is 12.0. The van der Waals surface area contributed by atoms with E-state index < -0.39 is 5.91 Å². The number of nitrogens with one attached hydrogen (secondary N) is 1. The van der Waals surface area contributed by atoms with Crippen LogP contribution in [0, 0.1) is 20.8 Å². The molecule has 38 heavy (non-hydrogen) atoms. The van der Waals surface area contributed by atoms with E-state index in [-0.39, 0.29) is 11.0 Å². The highest BCUT2D eigenvalue weighted by molar-refractivity contribution is 6.32. The maximum Gasteiger partial charge on any atom is 0.271 e. The Morgan fingerprint density at radius 2 is 1.47 bits per heavy atom. The molecule has 6 nitrogen and oxygen atoms in total. The number of benzene rings is 3. The van der Waals surface area contributed by atoms with Gasteiger partial charge in [0.05, 0.1) is 28.6 Å². The fraction of sp³-hybridized carbons (Fsp3) is 0.0968. The SMILES string of the molecule is Cc1ccc(-c2cc(C(=O)N/N=C/c3coc4cc(C)c(Cl)cc4c3=O)cc(-c3ccc(C)cc3)n2)cc1. The van der Waals surface area contributed by atoms with Crippen molar-refractivity contribution in [3.63, 3.8) is 0 Å². The molecule has 1 N–H and O–H groups in total. The van der Waals surface area contributed by atoms with E-state index in [1.54, 1.807) is 24.3 Å². The van der Waals surface area contributed by atoms with Crippen molar-refractivity contribution in [3.05, 3.63) is 122 Å². The molecule has 0 saturated heterocycles. The van der Waals surface area contributed by atoms with Crippen molar-refractivity contribution in [1.82, 2.24) is 10.4 Å². The molecule has 0 aliphatic rings. The van der Waals surface area contributed by atoms with Gasteiger partial charge in [0.25, 0.3) is 5.91 Å². The van der Waals surface area contributed by atoms with Crippen molar-refractivity contribution in [1.29, 1.82) is 0 Å². The number of aryl methyl sites for hydroxylation is 3. The van der Waals surface area contributed by atoms with Crippen LogP contribution in [0.3, 0.4) is 0 Å². The Kier molecular flexibility index (Phi) is 6.90. The van der Waals surface area contributed by atoms with Gasteiger partial charge in [-0.3, -0.25) is 9.59 Å². The fourth-order valence-electron chi connectivity index (χ4n) is 3.99. The first-order chi connectivity index (χ1) is 18.3. The second kappa shape index (κ2) is 10.4. The first kappa shape index (κ1) is 25.1. The molecule has 0 fully saturated rings. The van der Waals surface area contributed by atoms with Gasteiger partial charge in [-0.2, -0.15) is 5.10 Å². The van der Waals surface area contributed by atoms with E-state index >= 15 is 0 Å². The molecule has 0 aliphatic carbocycles. The van der Waals surface area contributed by atoms with Gasteiger partial charge in [0.2, 0.25) is 5.43 Å². The summed E-state index contributed by atoms with van der Waals surface area (Å²) in [5, 5.41) is 4.83. The molecule has 0 saturated carbocycles. The molecule has 3 aromatic carbocycles. The Morgan fingerprint density at radius 1 is 0.895 bits per heavy atom. The van der Waals surface area contributed by atoms with Gasteiger partial charge in [0.15, 0.2) is 0 Å². The molecule has 1 amide bonds. The Hall–Kier alpha value is -4.55. The van der Waals surface area contributed by atoms with Gasteiger partial charge in [-0.1, -0.05) is 71.3 Å². The lowest BCUT2D eigenvalue weighted by Gasteiger charge is -2.10. The topological polar surface area (TPSA) is 84.6 Å². The molecule has 0 spiro atoms. The summed E-state index contributed by atoms with van der Waals surface area (Å²) in [5.41, 5.74) is 9.42. The number of carbonyl (C=O) groups is 1. The molecule has 0 radical (unpaired) electrons. The summed E-state index contributed by atoms with van der Waals surface area (Å²) in [5.74, 6) is -0.436. The number of nitrogens with zero attached hydrogens (tertiary/aromatic N) is 2. The molecule has 5 aromatic rings. The Morgan fingerprint density at radius 3 is 2.05 bits per heavy atom. The van der Waals surface area contributed by atoms with Crippen LogP contribution in [0.15, 0.2) is 93.4 Å². The number of pyridine rings is 1. The molecular weight excluding hydrogens is 498 g/mol. The molecule has 0 atom stereocenters. The Bertz CT molecular complexity index is 1690. The number of rotatable bonds is 5.